The molecule has 1 atom stereocenters. The quantitative estimate of drug-likeness (QED) is 0.792. The number of pyridine rings is 1. The maximum Gasteiger partial charge on any atom is 0.182 e. The van der Waals surface area contributed by atoms with E-state index in [2.05, 4.69) is 25.9 Å². The third-order valence-corrected chi connectivity index (χ3v) is 3.26. The van der Waals surface area contributed by atoms with Crippen molar-refractivity contribution >= 4 is 37.8 Å². The zero-order valence-corrected chi connectivity index (χ0v) is 10.7. The minimum absolute atomic E-state index is 0.354. The Balaban J connectivity index is 2.89. The van der Waals surface area contributed by atoms with Crippen molar-refractivity contribution in [3.8, 4) is 6.07 Å². The Morgan fingerprint density at radius 3 is 2.75 bits per heavy atom. The van der Waals surface area contributed by atoms with Crippen LogP contribution in [0, 0.1) is 11.3 Å². The van der Waals surface area contributed by atoms with Crippen LogP contribution >= 0.6 is 15.9 Å². The molecule has 1 unspecified atom stereocenters. The number of aromatic nitrogens is 1. The molecule has 1 aromatic heterocycles. The van der Waals surface area contributed by atoms with Crippen LogP contribution in [0.25, 0.3) is 0 Å². The van der Waals surface area contributed by atoms with Crippen molar-refractivity contribution in [3.63, 3.8) is 0 Å². The molecule has 0 N–H and O–H groups in total. The second-order valence-corrected chi connectivity index (χ2v) is 6.07. The van der Waals surface area contributed by atoms with Gasteiger partial charge in [0.2, 0.25) is 0 Å². The number of halogens is 1. The second-order valence-electron chi connectivity index (χ2n) is 2.99. The summed E-state index contributed by atoms with van der Waals surface area (Å²) in [5.41, 5.74) is 0. The fourth-order valence-corrected chi connectivity index (χ4v) is 1.54. The smallest absolute Gasteiger partial charge is 0.182 e. The monoisotopic (exact) mass is 301 g/mol. The number of aliphatic imine (C=N–C) groups is 1. The van der Waals surface area contributed by atoms with Gasteiger partial charge in [0.25, 0.3) is 0 Å². The molecule has 84 valence electrons. The number of nitriles is 1. The van der Waals surface area contributed by atoms with Crippen molar-refractivity contribution in [1.29, 1.82) is 5.26 Å². The summed E-state index contributed by atoms with van der Waals surface area (Å²) in [7, 11) is -3.44. The Labute approximate surface area is 102 Å². The van der Waals surface area contributed by atoms with Gasteiger partial charge in [0, 0.05) is 23.1 Å². The van der Waals surface area contributed by atoms with E-state index in [0.29, 0.717) is 5.82 Å². The van der Waals surface area contributed by atoms with Crippen molar-refractivity contribution in [1.82, 2.24) is 4.98 Å². The van der Waals surface area contributed by atoms with Gasteiger partial charge < -0.3 is 0 Å². The van der Waals surface area contributed by atoms with Crippen LogP contribution in [0.4, 0.5) is 5.82 Å². The Bertz CT molecular complexity index is 531. The summed E-state index contributed by atoms with van der Waals surface area (Å²) in [5.74, 6) is 0.354. The Morgan fingerprint density at radius 2 is 2.31 bits per heavy atom. The predicted molar refractivity (Wildman–Crippen MR) is 64.3 cm³/mol. The lowest BCUT2D eigenvalue weighted by Gasteiger charge is -1.98. The van der Waals surface area contributed by atoms with E-state index in [4.69, 9.17) is 5.26 Å². The molecular weight excluding hydrogens is 294 g/mol. The van der Waals surface area contributed by atoms with E-state index in [0.717, 1.165) is 16.9 Å². The van der Waals surface area contributed by atoms with Gasteiger partial charge >= 0.3 is 0 Å². The molecule has 0 fully saturated rings. The van der Waals surface area contributed by atoms with Crippen LogP contribution in [-0.2, 0) is 9.84 Å². The molecule has 0 bridgehead atoms. The SMILES string of the molecule is CS(=O)(=O)C(C#N)C=Nc1ccc(Br)cn1. The molecule has 0 aliphatic carbocycles. The fraction of sp³-hybridized carbons (Fsp3) is 0.222. The summed E-state index contributed by atoms with van der Waals surface area (Å²) < 4.78 is 23.0. The highest BCUT2D eigenvalue weighted by atomic mass is 79.9. The highest BCUT2D eigenvalue weighted by Crippen LogP contribution is 2.12. The molecule has 5 nitrogen and oxygen atoms in total. The van der Waals surface area contributed by atoms with E-state index in [1.54, 1.807) is 18.2 Å². The largest absolute Gasteiger partial charge is 0.239 e. The summed E-state index contributed by atoms with van der Waals surface area (Å²) in [6.45, 7) is 0. The summed E-state index contributed by atoms with van der Waals surface area (Å²) in [6.07, 6.45) is 3.60. The molecule has 7 heteroatoms. The van der Waals surface area contributed by atoms with Crippen molar-refractivity contribution in [2.75, 3.05) is 6.26 Å². The number of hydrogen-bond donors (Lipinski definition) is 0. The van der Waals surface area contributed by atoms with E-state index in [1.165, 1.54) is 6.20 Å². The van der Waals surface area contributed by atoms with Gasteiger partial charge in [-0.15, -0.1) is 0 Å². The number of rotatable bonds is 3. The third kappa shape index (κ3) is 3.72. The Morgan fingerprint density at radius 1 is 1.62 bits per heavy atom. The maximum absolute atomic E-state index is 11.1. The Hall–Kier alpha value is -1.26. The molecule has 0 saturated heterocycles. The lowest BCUT2D eigenvalue weighted by molar-refractivity contribution is 0.602. The average Bonchev–Trinajstić information content (AvgIpc) is 2.19. The average molecular weight is 302 g/mol. The number of nitrogens with zero attached hydrogens (tertiary/aromatic N) is 3. The van der Waals surface area contributed by atoms with E-state index in [9.17, 15) is 8.42 Å². The molecule has 1 heterocycles. The molecule has 1 aromatic rings. The highest BCUT2D eigenvalue weighted by Gasteiger charge is 2.17. The summed E-state index contributed by atoms with van der Waals surface area (Å²) in [4.78, 5) is 7.74. The van der Waals surface area contributed by atoms with Crippen LogP contribution in [-0.4, -0.2) is 31.1 Å². The van der Waals surface area contributed by atoms with Crippen molar-refractivity contribution in [3.05, 3.63) is 22.8 Å². The number of hydrogen-bond acceptors (Lipinski definition) is 5. The molecule has 1 rings (SSSR count). The lowest BCUT2D eigenvalue weighted by Crippen LogP contribution is -2.18. The summed E-state index contributed by atoms with van der Waals surface area (Å²) in [5, 5.41) is 7.40. The van der Waals surface area contributed by atoms with E-state index in [1.807, 2.05) is 0 Å². The molecule has 0 aliphatic rings. The van der Waals surface area contributed by atoms with Gasteiger partial charge in [0.15, 0.2) is 20.9 Å². The molecule has 0 aliphatic heterocycles. The molecule has 0 spiro atoms. The van der Waals surface area contributed by atoms with Crippen LogP contribution in [0.5, 0.6) is 0 Å². The first-order chi connectivity index (χ1) is 7.43. The van der Waals surface area contributed by atoms with Gasteiger partial charge in [-0.2, -0.15) is 5.26 Å². The van der Waals surface area contributed by atoms with E-state index < -0.39 is 15.1 Å². The van der Waals surface area contributed by atoms with Crippen LogP contribution in [0.2, 0.25) is 0 Å². The first kappa shape index (κ1) is 12.8. The number of sulfone groups is 1. The zero-order valence-electron chi connectivity index (χ0n) is 8.33. The summed E-state index contributed by atoms with van der Waals surface area (Å²) >= 11 is 3.21. The zero-order chi connectivity index (χ0) is 12.2. The maximum atomic E-state index is 11.1. The minimum Gasteiger partial charge on any atom is -0.239 e. The standard InChI is InChI=1S/C9H8BrN3O2S/c1-16(14,15)8(4-11)6-13-9-3-2-7(10)5-12-9/h2-3,5-6,8H,1H3. The van der Waals surface area contributed by atoms with Gasteiger partial charge in [-0.05, 0) is 28.1 Å². The molecule has 16 heavy (non-hydrogen) atoms. The first-order valence-corrected chi connectivity index (χ1v) is 6.92. The van der Waals surface area contributed by atoms with E-state index in [-0.39, 0.29) is 0 Å². The van der Waals surface area contributed by atoms with Crippen molar-refractivity contribution < 1.29 is 8.42 Å². The van der Waals surface area contributed by atoms with Crippen molar-refractivity contribution in [2.45, 2.75) is 5.25 Å². The van der Waals surface area contributed by atoms with Gasteiger partial charge in [0.1, 0.15) is 0 Å². The fourth-order valence-electron chi connectivity index (χ4n) is 0.828. The van der Waals surface area contributed by atoms with Gasteiger partial charge in [-0.25, -0.2) is 18.4 Å². The Kier molecular flexibility index (Phi) is 4.15. The third-order valence-electron chi connectivity index (χ3n) is 1.64. The predicted octanol–water partition coefficient (Wildman–Crippen LogP) is 1.48. The molecule has 0 saturated carbocycles. The van der Waals surface area contributed by atoms with E-state index >= 15 is 0 Å². The lowest BCUT2D eigenvalue weighted by atomic mass is 10.4. The van der Waals surface area contributed by atoms with Gasteiger partial charge in [-0.3, -0.25) is 0 Å². The van der Waals surface area contributed by atoms with Gasteiger partial charge in [0.05, 0.1) is 6.07 Å². The molecule has 0 radical (unpaired) electrons. The van der Waals surface area contributed by atoms with Crippen LogP contribution < -0.4 is 0 Å². The molecular formula is C9H8BrN3O2S. The van der Waals surface area contributed by atoms with Gasteiger partial charge in [-0.1, -0.05) is 0 Å². The second kappa shape index (κ2) is 5.18. The molecule has 0 amide bonds. The normalized spacial score (nSPS) is 13.6. The topological polar surface area (TPSA) is 83.2 Å². The van der Waals surface area contributed by atoms with Crippen LogP contribution in [0.15, 0.2) is 27.8 Å². The van der Waals surface area contributed by atoms with Crippen molar-refractivity contribution in [2.24, 2.45) is 4.99 Å². The minimum atomic E-state index is -3.44. The highest BCUT2D eigenvalue weighted by molar-refractivity contribution is 9.10. The molecule has 0 aromatic carbocycles. The summed E-state index contributed by atoms with van der Waals surface area (Å²) in [6, 6.07) is 4.98. The first-order valence-electron chi connectivity index (χ1n) is 4.17. The van der Waals surface area contributed by atoms with Crippen LogP contribution in [0.1, 0.15) is 0 Å². The van der Waals surface area contributed by atoms with Crippen LogP contribution in [0.3, 0.4) is 0 Å².